The third-order valence-corrected chi connectivity index (χ3v) is 2.95. The standard InChI is InChI=1S/C13H16N4O2/c1-2-5-17-13(15-8-16-17)7-14-10-3-4-11-12(6-10)19-9-18-11/h3-4,6,8,14H,2,5,7,9H2,1H3. The highest BCUT2D eigenvalue weighted by Gasteiger charge is 2.13. The van der Waals surface area contributed by atoms with E-state index in [0.717, 1.165) is 36.0 Å². The predicted octanol–water partition coefficient (Wildman–Crippen LogP) is 2.03. The minimum Gasteiger partial charge on any atom is -0.454 e. The first kappa shape index (κ1) is 11.8. The molecule has 1 aromatic heterocycles. The van der Waals surface area contributed by atoms with Gasteiger partial charge in [-0.1, -0.05) is 6.92 Å². The number of aryl methyl sites for hydroxylation is 1. The lowest BCUT2D eigenvalue weighted by molar-refractivity contribution is 0.174. The van der Waals surface area contributed by atoms with Crippen molar-refractivity contribution in [2.24, 2.45) is 0 Å². The van der Waals surface area contributed by atoms with Crippen LogP contribution in [0.5, 0.6) is 11.5 Å². The summed E-state index contributed by atoms with van der Waals surface area (Å²) in [5.74, 6) is 2.50. The quantitative estimate of drug-likeness (QED) is 0.891. The van der Waals surface area contributed by atoms with Crippen molar-refractivity contribution >= 4 is 5.69 Å². The topological polar surface area (TPSA) is 61.2 Å². The van der Waals surface area contributed by atoms with Crippen molar-refractivity contribution in [2.75, 3.05) is 12.1 Å². The first-order valence-electron chi connectivity index (χ1n) is 6.37. The highest BCUT2D eigenvalue weighted by molar-refractivity contribution is 5.55. The monoisotopic (exact) mass is 260 g/mol. The third kappa shape index (κ3) is 2.47. The molecule has 19 heavy (non-hydrogen) atoms. The van der Waals surface area contributed by atoms with E-state index in [1.807, 2.05) is 22.9 Å². The number of anilines is 1. The lowest BCUT2D eigenvalue weighted by atomic mass is 10.3. The summed E-state index contributed by atoms with van der Waals surface area (Å²) >= 11 is 0. The van der Waals surface area contributed by atoms with E-state index in [2.05, 4.69) is 22.3 Å². The van der Waals surface area contributed by atoms with Crippen LogP contribution in [0.4, 0.5) is 5.69 Å². The smallest absolute Gasteiger partial charge is 0.231 e. The minimum absolute atomic E-state index is 0.295. The Morgan fingerprint density at radius 1 is 1.32 bits per heavy atom. The molecule has 0 saturated carbocycles. The zero-order valence-electron chi connectivity index (χ0n) is 10.8. The van der Waals surface area contributed by atoms with Gasteiger partial charge >= 0.3 is 0 Å². The molecule has 0 atom stereocenters. The fraction of sp³-hybridized carbons (Fsp3) is 0.385. The molecule has 0 bridgehead atoms. The predicted molar refractivity (Wildman–Crippen MR) is 70.2 cm³/mol. The molecule has 1 aliphatic rings. The molecule has 3 rings (SSSR count). The van der Waals surface area contributed by atoms with Gasteiger partial charge in [0.05, 0.1) is 6.54 Å². The van der Waals surface area contributed by atoms with Crippen LogP contribution in [-0.4, -0.2) is 21.6 Å². The number of rotatable bonds is 5. The van der Waals surface area contributed by atoms with Gasteiger partial charge < -0.3 is 14.8 Å². The molecule has 1 N–H and O–H groups in total. The number of fused-ring (bicyclic) bond motifs is 1. The molecule has 1 aromatic carbocycles. The number of ether oxygens (including phenoxy) is 2. The van der Waals surface area contributed by atoms with E-state index in [1.165, 1.54) is 0 Å². The van der Waals surface area contributed by atoms with E-state index in [9.17, 15) is 0 Å². The molecule has 6 heteroatoms. The van der Waals surface area contributed by atoms with E-state index in [-0.39, 0.29) is 0 Å². The van der Waals surface area contributed by atoms with E-state index in [1.54, 1.807) is 6.33 Å². The van der Waals surface area contributed by atoms with Crippen molar-refractivity contribution in [1.82, 2.24) is 14.8 Å². The van der Waals surface area contributed by atoms with Gasteiger partial charge in [0.15, 0.2) is 11.5 Å². The van der Waals surface area contributed by atoms with Crippen LogP contribution in [0.2, 0.25) is 0 Å². The van der Waals surface area contributed by atoms with Gasteiger partial charge in [-0.05, 0) is 18.6 Å². The summed E-state index contributed by atoms with van der Waals surface area (Å²) in [5.41, 5.74) is 0.982. The molecule has 2 heterocycles. The van der Waals surface area contributed by atoms with Crippen LogP contribution in [0.1, 0.15) is 19.2 Å². The van der Waals surface area contributed by atoms with E-state index >= 15 is 0 Å². The summed E-state index contributed by atoms with van der Waals surface area (Å²) in [6, 6.07) is 5.80. The average Bonchev–Trinajstić information content (AvgIpc) is 3.05. The number of nitrogens with one attached hydrogen (secondary N) is 1. The van der Waals surface area contributed by atoms with Gasteiger partial charge in [0.2, 0.25) is 6.79 Å². The summed E-state index contributed by atoms with van der Waals surface area (Å²) in [6.45, 7) is 3.94. The first-order chi connectivity index (χ1) is 9.36. The molecular formula is C13H16N4O2. The second-order valence-corrected chi connectivity index (χ2v) is 4.32. The number of nitrogens with zero attached hydrogens (tertiary/aromatic N) is 3. The summed E-state index contributed by atoms with van der Waals surface area (Å²) < 4.78 is 12.5. The Hall–Kier alpha value is -2.24. The van der Waals surface area contributed by atoms with Gasteiger partial charge in [0.1, 0.15) is 12.2 Å². The van der Waals surface area contributed by atoms with Gasteiger partial charge in [-0.15, -0.1) is 0 Å². The maximum absolute atomic E-state index is 5.34. The van der Waals surface area contributed by atoms with Gasteiger partial charge in [-0.25, -0.2) is 9.67 Å². The Morgan fingerprint density at radius 3 is 3.11 bits per heavy atom. The van der Waals surface area contributed by atoms with Gasteiger partial charge in [0.25, 0.3) is 0 Å². The molecule has 0 amide bonds. The molecule has 2 aromatic rings. The van der Waals surface area contributed by atoms with E-state index < -0.39 is 0 Å². The van der Waals surface area contributed by atoms with Crippen LogP contribution in [0.25, 0.3) is 0 Å². The third-order valence-electron chi connectivity index (χ3n) is 2.95. The molecule has 0 aliphatic carbocycles. The Balaban J connectivity index is 1.67. The van der Waals surface area contributed by atoms with Gasteiger partial charge in [-0.2, -0.15) is 5.10 Å². The van der Waals surface area contributed by atoms with Gasteiger partial charge in [0, 0.05) is 18.3 Å². The normalized spacial score (nSPS) is 12.7. The largest absolute Gasteiger partial charge is 0.454 e. The Labute approximate surface area is 111 Å². The molecule has 1 aliphatic heterocycles. The van der Waals surface area contributed by atoms with Crippen molar-refractivity contribution in [1.29, 1.82) is 0 Å². The van der Waals surface area contributed by atoms with E-state index in [0.29, 0.717) is 13.3 Å². The first-order valence-corrected chi connectivity index (χ1v) is 6.37. The van der Waals surface area contributed by atoms with E-state index in [4.69, 9.17) is 9.47 Å². The Bertz CT molecular complexity index is 568. The van der Waals surface area contributed by atoms with Crippen LogP contribution in [0.3, 0.4) is 0 Å². The molecule has 0 unspecified atom stereocenters. The highest BCUT2D eigenvalue weighted by Crippen LogP contribution is 2.34. The van der Waals surface area contributed by atoms with Crippen LogP contribution in [0, 0.1) is 0 Å². The lowest BCUT2D eigenvalue weighted by Gasteiger charge is -2.08. The van der Waals surface area contributed by atoms with Crippen molar-refractivity contribution in [3.05, 3.63) is 30.4 Å². The van der Waals surface area contributed by atoms with Crippen molar-refractivity contribution in [3.8, 4) is 11.5 Å². The van der Waals surface area contributed by atoms with Crippen LogP contribution in [0.15, 0.2) is 24.5 Å². The van der Waals surface area contributed by atoms with Crippen molar-refractivity contribution in [3.63, 3.8) is 0 Å². The number of hydrogen-bond donors (Lipinski definition) is 1. The summed E-state index contributed by atoms with van der Waals surface area (Å²) in [7, 11) is 0. The Kier molecular flexibility index (Phi) is 3.22. The molecule has 0 spiro atoms. The highest BCUT2D eigenvalue weighted by atomic mass is 16.7. The van der Waals surface area contributed by atoms with Gasteiger partial charge in [-0.3, -0.25) is 0 Å². The zero-order valence-corrected chi connectivity index (χ0v) is 10.8. The Morgan fingerprint density at radius 2 is 2.21 bits per heavy atom. The minimum atomic E-state index is 0.295. The average molecular weight is 260 g/mol. The van der Waals surface area contributed by atoms with Crippen LogP contribution in [-0.2, 0) is 13.1 Å². The molecule has 6 nitrogen and oxygen atoms in total. The fourth-order valence-corrected chi connectivity index (χ4v) is 2.01. The van der Waals surface area contributed by atoms with Crippen LogP contribution >= 0.6 is 0 Å². The summed E-state index contributed by atoms with van der Waals surface area (Å²) in [5, 5.41) is 7.51. The SMILES string of the molecule is CCCn1ncnc1CNc1ccc2c(c1)OCO2. The molecule has 0 saturated heterocycles. The molecule has 0 fully saturated rings. The maximum Gasteiger partial charge on any atom is 0.231 e. The number of aromatic nitrogens is 3. The lowest BCUT2D eigenvalue weighted by Crippen LogP contribution is -2.10. The number of hydrogen-bond acceptors (Lipinski definition) is 5. The fourth-order valence-electron chi connectivity index (χ4n) is 2.01. The molecular weight excluding hydrogens is 244 g/mol. The van der Waals surface area contributed by atoms with Crippen molar-refractivity contribution in [2.45, 2.75) is 26.4 Å². The maximum atomic E-state index is 5.34. The summed E-state index contributed by atoms with van der Waals surface area (Å²) in [6.07, 6.45) is 2.63. The second kappa shape index (κ2) is 5.17. The second-order valence-electron chi connectivity index (χ2n) is 4.32. The van der Waals surface area contributed by atoms with Crippen molar-refractivity contribution < 1.29 is 9.47 Å². The summed E-state index contributed by atoms with van der Waals surface area (Å²) in [4.78, 5) is 4.26. The molecule has 0 radical (unpaired) electrons. The van der Waals surface area contributed by atoms with Crippen LogP contribution < -0.4 is 14.8 Å². The number of benzene rings is 1. The zero-order chi connectivity index (χ0) is 13.1. The molecule has 100 valence electrons.